The van der Waals surface area contributed by atoms with E-state index in [4.69, 9.17) is 16.3 Å². The Kier molecular flexibility index (Phi) is 5.15. The van der Waals surface area contributed by atoms with Crippen LogP contribution in [-0.2, 0) is 9.59 Å². The van der Waals surface area contributed by atoms with Gasteiger partial charge >= 0.3 is 0 Å². The number of benzene rings is 2. The zero-order valence-corrected chi connectivity index (χ0v) is 16.9. The predicted octanol–water partition coefficient (Wildman–Crippen LogP) is 2.61. The van der Waals surface area contributed by atoms with Crippen LogP contribution in [0.25, 0.3) is 0 Å². The van der Waals surface area contributed by atoms with Gasteiger partial charge in [0.15, 0.2) is 0 Å². The smallest absolute Gasteiger partial charge is 0.258 e. The van der Waals surface area contributed by atoms with Crippen LogP contribution in [0.3, 0.4) is 0 Å². The fourth-order valence-corrected chi connectivity index (χ4v) is 3.96. The number of hydrogen-bond donors (Lipinski definition) is 1. The summed E-state index contributed by atoms with van der Waals surface area (Å²) in [6.07, 6.45) is 0. The van der Waals surface area contributed by atoms with Gasteiger partial charge in [-0.05, 0) is 42.0 Å². The molecule has 0 aromatic heterocycles. The Balaban J connectivity index is 1.78. The van der Waals surface area contributed by atoms with Gasteiger partial charge in [0.2, 0.25) is 11.9 Å². The van der Waals surface area contributed by atoms with Crippen LogP contribution >= 0.6 is 11.6 Å². The number of guanidine groups is 1. The first kappa shape index (κ1) is 19.3. The number of methoxy groups -OCH3 is 1. The molecular weight excluding hydrogens is 392 g/mol. The highest BCUT2D eigenvalue weighted by Crippen LogP contribution is 2.36. The lowest BCUT2D eigenvalue weighted by molar-refractivity contribution is -0.128. The van der Waals surface area contributed by atoms with Crippen LogP contribution in [0, 0.1) is 0 Å². The van der Waals surface area contributed by atoms with E-state index in [0.717, 1.165) is 5.56 Å². The number of carbonyl (C=O) groups is 2. The molecule has 0 bridgehead atoms. The minimum atomic E-state index is -0.757. The van der Waals surface area contributed by atoms with Crippen LogP contribution in [0.4, 0.5) is 5.69 Å². The van der Waals surface area contributed by atoms with Crippen molar-refractivity contribution in [3.63, 3.8) is 0 Å². The van der Waals surface area contributed by atoms with Gasteiger partial charge in [0.1, 0.15) is 11.8 Å². The average Bonchev–Trinajstić information content (AvgIpc) is 3.18. The molecule has 2 amide bonds. The Morgan fingerprint density at radius 3 is 2.48 bits per heavy atom. The molecule has 1 saturated heterocycles. The minimum absolute atomic E-state index is 0.234. The van der Waals surface area contributed by atoms with Crippen LogP contribution in [0.1, 0.15) is 18.5 Å². The van der Waals surface area contributed by atoms with Crippen molar-refractivity contribution in [2.24, 2.45) is 4.99 Å². The summed E-state index contributed by atoms with van der Waals surface area (Å²) in [6.45, 7) is 2.64. The molecule has 150 valence electrons. The number of fused-ring (bicyclic) bond motifs is 1. The maximum atomic E-state index is 13.6. The maximum Gasteiger partial charge on any atom is 0.258 e. The lowest BCUT2D eigenvalue weighted by Crippen LogP contribution is -2.64. The molecule has 0 radical (unpaired) electrons. The molecule has 0 spiro atoms. The minimum Gasteiger partial charge on any atom is -0.497 e. The first-order chi connectivity index (χ1) is 14.0. The van der Waals surface area contributed by atoms with E-state index in [1.807, 2.05) is 24.3 Å². The molecule has 8 heteroatoms. The molecule has 1 N–H and O–H groups in total. The number of nitrogens with one attached hydrogen (secondary N) is 1. The molecule has 4 rings (SSSR count). The Labute approximate surface area is 173 Å². The summed E-state index contributed by atoms with van der Waals surface area (Å²) in [5.41, 5.74) is 1.57. The van der Waals surface area contributed by atoms with Gasteiger partial charge in [-0.2, -0.15) is 0 Å². The standard InChI is InChI=1S/C21H21ClN4O3/c1-13(27)24-18-19(14-3-5-15(22)6-4-14)25-12-11-23-21(25)26(20(18)28)16-7-9-17(29-2)10-8-16/h3-10,18-19H,11-12H2,1-2H3,(H,24,27)/t18-,19+/m1/s1. The van der Waals surface area contributed by atoms with Crippen LogP contribution < -0.4 is 15.0 Å². The maximum absolute atomic E-state index is 13.6. The Hall–Kier alpha value is -3.06. The summed E-state index contributed by atoms with van der Waals surface area (Å²) in [5.74, 6) is 0.779. The number of halogens is 1. The summed E-state index contributed by atoms with van der Waals surface area (Å²) in [4.78, 5) is 33.7. The Morgan fingerprint density at radius 2 is 1.86 bits per heavy atom. The molecule has 0 aliphatic carbocycles. The molecule has 0 saturated carbocycles. The van der Waals surface area contributed by atoms with Crippen LogP contribution in [0.2, 0.25) is 5.02 Å². The summed E-state index contributed by atoms with van der Waals surface area (Å²) >= 11 is 6.05. The first-order valence-electron chi connectivity index (χ1n) is 9.31. The van der Waals surface area contributed by atoms with E-state index in [1.165, 1.54) is 6.92 Å². The number of nitrogens with zero attached hydrogens (tertiary/aromatic N) is 3. The molecule has 0 unspecified atom stereocenters. The summed E-state index contributed by atoms with van der Waals surface area (Å²) in [5, 5.41) is 3.46. The van der Waals surface area contributed by atoms with E-state index < -0.39 is 6.04 Å². The van der Waals surface area contributed by atoms with Crippen molar-refractivity contribution in [1.82, 2.24) is 10.2 Å². The highest BCUT2D eigenvalue weighted by Gasteiger charge is 2.48. The molecule has 7 nitrogen and oxygen atoms in total. The van der Waals surface area contributed by atoms with Gasteiger partial charge in [0.25, 0.3) is 5.91 Å². The Morgan fingerprint density at radius 1 is 1.17 bits per heavy atom. The molecule has 2 aromatic carbocycles. The van der Waals surface area contributed by atoms with E-state index in [2.05, 4.69) is 15.2 Å². The average molecular weight is 413 g/mol. The number of rotatable bonds is 4. The zero-order valence-electron chi connectivity index (χ0n) is 16.1. The zero-order chi connectivity index (χ0) is 20.5. The van der Waals surface area contributed by atoms with Gasteiger partial charge in [-0.25, -0.2) is 4.90 Å². The van der Waals surface area contributed by atoms with Crippen molar-refractivity contribution in [2.45, 2.75) is 19.0 Å². The van der Waals surface area contributed by atoms with E-state index in [9.17, 15) is 9.59 Å². The van der Waals surface area contributed by atoms with Gasteiger partial charge in [0, 0.05) is 18.5 Å². The third-order valence-corrected chi connectivity index (χ3v) is 5.34. The molecule has 1 fully saturated rings. The summed E-state index contributed by atoms with van der Waals surface area (Å²) < 4.78 is 5.22. The summed E-state index contributed by atoms with van der Waals surface area (Å²) in [6, 6.07) is 13.4. The molecule has 2 heterocycles. The van der Waals surface area contributed by atoms with Crippen molar-refractivity contribution in [2.75, 3.05) is 25.1 Å². The number of aliphatic imine (C=N–C) groups is 1. The molecule has 2 aliphatic heterocycles. The third-order valence-electron chi connectivity index (χ3n) is 5.09. The number of ether oxygens (including phenoxy) is 1. The fourth-order valence-electron chi connectivity index (χ4n) is 3.83. The van der Waals surface area contributed by atoms with Gasteiger partial charge in [-0.1, -0.05) is 23.7 Å². The SMILES string of the molecule is COc1ccc(N2C(=O)[C@H](NC(C)=O)[C@H](c3ccc(Cl)cc3)N3CCN=C23)cc1. The normalized spacial score (nSPS) is 20.9. The summed E-state index contributed by atoms with van der Waals surface area (Å²) in [7, 11) is 1.59. The van der Waals surface area contributed by atoms with E-state index in [1.54, 1.807) is 36.3 Å². The van der Waals surface area contributed by atoms with Crippen molar-refractivity contribution >= 4 is 35.1 Å². The van der Waals surface area contributed by atoms with Crippen molar-refractivity contribution < 1.29 is 14.3 Å². The van der Waals surface area contributed by atoms with Gasteiger partial charge in [0.05, 0.1) is 25.4 Å². The second-order valence-corrected chi connectivity index (χ2v) is 7.36. The van der Waals surface area contributed by atoms with Crippen LogP contribution in [-0.4, -0.2) is 48.9 Å². The highest BCUT2D eigenvalue weighted by atomic mass is 35.5. The van der Waals surface area contributed by atoms with Crippen LogP contribution in [0.5, 0.6) is 5.75 Å². The van der Waals surface area contributed by atoms with Crippen LogP contribution in [0.15, 0.2) is 53.5 Å². The van der Waals surface area contributed by atoms with E-state index in [0.29, 0.717) is 35.5 Å². The lowest BCUT2D eigenvalue weighted by atomic mass is 9.94. The molecule has 2 aromatic rings. The highest BCUT2D eigenvalue weighted by molar-refractivity contribution is 6.30. The van der Waals surface area contributed by atoms with Gasteiger partial charge < -0.3 is 15.0 Å². The third kappa shape index (κ3) is 3.53. The number of anilines is 1. The number of hydrogen-bond acceptors (Lipinski definition) is 5. The van der Waals surface area contributed by atoms with E-state index in [-0.39, 0.29) is 17.9 Å². The lowest BCUT2D eigenvalue weighted by Gasteiger charge is -2.45. The monoisotopic (exact) mass is 412 g/mol. The molecule has 29 heavy (non-hydrogen) atoms. The second kappa shape index (κ2) is 7.75. The van der Waals surface area contributed by atoms with Crippen molar-refractivity contribution in [3.05, 3.63) is 59.1 Å². The fraction of sp³-hybridized carbons (Fsp3) is 0.286. The second-order valence-electron chi connectivity index (χ2n) is 6.92. The number of amides is 2. The van der Waals surface area contributed by atoms with Gasteiger partial charge in [-0.15, -0.1) is 0 Å². The topological polar surface area (TPSA) is 74.2 Å². The first-order valence-corrected chi connectivity index (χ1v) is 9.69. The van der Waals surface area contributed by atoms with Gasteiger partial charge in [-0.3, -0.25) is 14.6 Å². The number of carbonyl (C=O) groups excluding carboxylic acids is 2. The predicted molar refractivity (Wildman–Crippen MR) is 111 cm³/mol. The quantitative estimate of drug-likeness (QED) is 0.837. The molecular formula is C21H21ClN4O3. The van der Waals surface area contributed by atoms with Crippen molar-refractivity contribution in [1.29, 1.82) is 0 Å². The Bertz CT molecular complexity index is 959. The van der Waals surface area contributed by atoms with Crippen molar-refractivity contribution in [3.8, 4) is 5.75 Å². The molecule has 2 aliphatic rings. The largest absolute Gasteiger partial charge is 0.497 e. The molecule has 2 atom stereocenters. The van der Waals surface area contributed by atoms with E-state index >= 15 is 0 Å².